The third kappa shape index (κ3) is 5.66. The van der Waals surface area contributed by atoms with Gasteiger partial charge in [0, 0.05) is 23.7 Å². The number of hydrogen-bond donors (Lipinski definition) is 2. The van der Waals surface area contributed by atoms with E-state index in [2.05, 4.69) is 62.9 Å². The number of nitrogens with one attached hydrogen (secondary N) is 2. The van der Waals surface area contributed by atoms with Gasteiger partial charge >= 0.3 is 13.6 Å². The molecule has 0 aromatic carbocycles. The molecule has 0 aliphatic rings. The van der Waals surface area contributed by atoms with Crippen molar-refractivity contribution in [1.82, 2.24) is 19.7 Å². The van der Waals surface area contributed by atoms with Crippen LogP contribution >= 0.6 is 55.5 Å². The number of hydrogen-bond acceptors (Lipinski definition) is 5. The largest absolute Gasteiger partial charge is 0.435 e. The summed E-state index contributed by atoms with van der Waals surface area (Å²) in [5.41, 5.74) is 0.424. The third-order valence-electron chi connectivity index (χ3n) is 2.52. The van der Waals surface area contributed by atoms with E-state index < -0.39 is 12.6 Å². The van der Waals surface area contributed by atoms with Crippen molar-refractivity contribution < 1.29 is 14.0 Å². The molecule has 1 aromatic rings. The van der Waals surface area contributed by atoms with Crippen LogP contribution in [0.15, 0.2) is 4.60 Å². The van der Waals surface area contributed by atoms with Crippen molar-refractivity contribution in [2.75, 3.05) is 23.7 Å². The highest BCUT2D eigenvalue weighted by atomic mass is 79.9. The lowest BCUT2D eigenvalue weighted by Gasteiger charge is -2.19. The molecule has 0 radical (unpaired) electrons. The maximum atomic E-state index is 12.6. The molecule has 0 unspecified atom stereocenters. The predicted octanol–water partition coefficient (Wildman–Crippen LogP) is 2.68. The summed E-state index contributed by atoms with van der Waals surface area (Å²) in [5, 5.41) is 17.6. The summed E-state index contributed by atoms with van der Waals surface area (Å²) in [6, 6.07) is 0. The molecular formula is C9H15Br3N5O4P. The second-order valence-electron chi connectivity index (χ2n) is 3.98. The van der Waals surface area contributed by atoms with Crippen molar-refractivity contribution in [3.8, 4) is 0 Å². The molecule has 22 heavy (non-hydrogen) atoms. The maximum Gasteiger partial charge on any atom is 0.435 e. The van der Waals surface area contributed by atoms with Crippen LogP contribution in [0, 0.1) is 10.1 Å². The number of imidazole rings is 1. The third-order valence-corrected chi connectivity index (χ3v) is 5.72. The van der Waals surface area contributed by atoms with Crippen molar-refractivity contribution >= 4 is 61.4 Å². The van der Waals surface area contributed by atoms with E-state index >= 15 is 0 Å². The summed E-state index contributed by atoms with van der Waals surface area (Å²) < 4.78 is 19.6. The Labute approximate surface area is 152 Å². The van der Waals surface area contributed by atoms with E-state index in [-0.39, 0.29) is 17.2 Å². The van der Waals surface area contributed by atoms with Gasteiger partial charge in [-0.2, -0.15) is 0 Å². The average Bonchev–Trinajstić information content (AvgIpc) is 2.76. The highest BCUT2D eigenvalue weighted by Crippen LogP contribution is 2.39. The Hall–Kier alpha value is 0.160. The molecule has 0 fully saturated rings. The highest BCUT2D eigenvalue weighted by Gasteiger charge is 2.27. The molecule has 0 saturated heterocycles. The van der Waals surface area contributed by atoms with Crippen LogP contribution in [0.5, 0.6) is 0 Å². The zero-order chi connectivity index (χ0) is 16.8. The van der Waals surface area contributed by atoms with E-state index in [0.29, 0.717) is 29.4 Å². The molecule has 2 N–H and O–H groups in total. The molecule has 0 amide bonds. The van der Waals surface area contributed by atoms with Gasteiger partial charge in [0.1, 0.15) is 6.61 Å². The van der Waals surface area contributed by atoms with E-state index in [9.17, 15) is 14.7 Å². The van der Waals surface area contributed by atoms with Crippen LogP contribution in [0.1, 0.15) is 5.69 Å². The minimum atomic E-state index is -3.26. The number of aromatic nitrogens is 2. The van der Waals surface area contributed by atoms with Crippen LogP contribution in [0.3, 0.4) is 0 Å². The summed E-state index contributed by atoms with van der Waals surface area (Å²) in [6.45, 7) is 0.790. The van der Waals surface area contributed by atoms with Crippen molar-refractivity contribution in [3.63, 3.8) is 0 Å². The fraction of sp³-hybridized carbons (Fsp3) is 0.667. The number of alkyl halides is 2. The van der Waals surface area contributed by atoms with Gasteiger partial charge in [-0.15, -0.1) is 0 Å². The summed E-state index contributed by atoms with van der Waals surface area (Å²) >= 11 is 9.62. The normalized spacial score (nSPS) is 11.8. The number of rotatable bonds is 10. The van der Waals surface area contributed by atoms with E-state index in [1.807, 2.05) is 0 Å². The highest BCUT2D eigenvalue weighted by molar-refractivity contribution is 9.10. The van der Waals surface area contributed by atoms with Crippen LogP contribution in [0.25, 0.3) is 0 Å². The minimum absolute atomic E-state index is 0.0974. The van der Waals surface area contributed by atoms with Crippen LogP contribution in [-0.4, -0.2) is 38.2 Å². The molecule has 126 valence electrons. The van der Waals surface area contributed by atoms with Crippen LogP contribution in [0.2, 0.25) is 0 Å². The Morgan fingerprint density at radius 3 is 2.32 bits per heavy atom. The van der Waals surface area contributed by atoms with Gasteiger partial charge in [0.05, 0.1) is 7.05 Å². The zero-order valence-corrected chi connectivity index (χ0v) is 17.2. The van der Waals surface area contributed by atoms with E-state index in [4.69, 9.17) is 4.52 Å². The lowest BCUT2D eigenvalue weighted by atomic mass is 10.5. The van der Waals surface area contributed by atoms with Crippen LogP contribution in [-0.2, 0) is 22.7 Å². The first-order chi connectivity index (χ1) is 10.3. The lowest BCUT2D eigenvalue weighted by Crippen LogP contribution is -2.27. The van der Waals surface area contributed by atoms with Gasteiger partial charge in [-0.25, -0.2) is 14.7 Å². The number of halogens is 3. The van der Waals surface area contributed by atoms with Gasteiger partial charge in [0.2, 0.25) is 4.60 Å². The standard InChI is InChI=1S/C9H15Br3N5O4P/c1-16-7(8(12)15-9(16)17(18)19)6-21-22(20,13-4-2-10)14-5-3-11/h2-6H2,1H3,(H2,13,14,20). The Bertz CT molecular complexity index is 558. The Morgan fingerprint density at radius 2 is 1.91 bits per heavy atom. The fourth-order valence-electron chi connectivity index (χ4n) is 1.48. The maximum absolute atomic E-state index is 12.6. The van der Waals surface area contributed by atoms with Crippen molar-refractivity contribution in [1.29, 1.82) is 0 Å². The summed E-state index contributed by atoms with van der Waals surface area (Å²) in [6.07, 6.45) is 0. The Kier molecular flexibility index (Phi) is 8.68. The molecule has 1 rings (SSSR count). The van der Waals surface area contributed by atoms with Crippen LogP contribution in [0.4, 0.5) is 5.95 Å². The summed E-state index contributed by atoms with van der Waals surface area (Å²) in [5.74, 6) is -0.317. The predicted molar refractivity (Wildman–Crippen MR) is 93.6 cm³/mol. The molecule has 0 bridgehead atoms. The van der Waals surface area contributed by atoms with Gasteiger partial charge in [0.15, 0.2) is 5.69 Å². The van der Waals surface area contributed by atoms with E-state index in [1.54, 1.807) is 0 Å². The average molecular weight is 528 g/mol. The number of nitro groups is 1. The van der Waals surface area contributed by atoms with Gasteiger partial charge in [0.25, 0.3) is 0 Å². The molecule has 9 nitrogen and oxygen atoms in total. The monoisotopic (exact) mass is 525 g/mol. The smallest absolute Gasteiger partial charge is 0.390 e. The zero-order valence-electron chi connectivity index (χ0n) is 11.6. The first-order valence-electron chi connectivity index (χ1n) is 6.07. The van der Waals surface area contributed by atoms with Crippen LogP contribution < -0.4 is 10.2 Å². The Balaban J connectivity index is 2.84. The molecule has 0 spiro atoms. The molecule has 0 aliphatic carbocycles. The quantitative estimate of drug-likeness (QED) is 0.208. The summed E-state index contributed by atoms with van der Waals surface area (Å²) in [4.78, 5) is 14.0. The molecule has 0 saturated carbocycles. The van der Waals surface area contributed by atoms with E-state index in [1.165, 1.54) is 11.6 Å². The topological polar surface area (TPSA) is 111 Å². The molecule has 0 aliphatic heterocycles. The molecular weight excluding hydrogens is 513 g/mol. The summed E-state index contributed by atoms with van der Waals surface area (Å²) in [7, 11) is -1.77. The molecule has 1 heterocycles. The SMILES string of the molecule is Cn1c([N+](=O)[O-])nc(Br)c1COP(=O)(NCCBr)NCCBr. The Morgan fingerprint density at radius 1 is 1.36 bits per heavy atom. The van der Waals surface area contributed by atoms with Gasteiger partial charge in [-0.1, -0.05) is 36.8 Å². The van der Waals surface area contributed by atoms with E-state index in [0.717, 1.165) is 0 Å². The second-order valence-corrected chi connectivity index (χ2v) is 8.32. The second kappa shape index (κ2) is 9.45. The lowest BCUT2D eigenvalue weighted by molar-refractivity contribution is -0.396. The molecule has 13 heteroatoms. The first kappa shape index (κ1) is 20.2. The number of nitrogens with zero attached hydrogens (tertiary/aromatic N) is 3. The minimum Gasteiger partial charge on any atom is -0.390 e. The van der Waals surface area contributed by atoms with Gasteiger partial charge < -0.3 is 10.1 Å². The van der Waals surface area contributed by atoms with Crippen molar-refractivity contribution in [3.05, 3.63) is 20.4 Å². The van der Waals surface area contributed by atoms with Gasteiger partial charge in [-0.05, 0) is 20.9 Å². The van der Waals surface area contributed by atoms with Crippen molar-refractivity contribution in [2.24, 2.45) is 7.05 Å². The fourth-order valence-corrected chi connectivity index (χ4v) is 4.44. The van der Waals surface area contributed by atoms with Gasteiger partial charge in [-0.3, -0.25) is 9.09 Å². The first-order valence-corrected chi connectivity index (χ1v) is 10.7. The molecule has 0 atom stereocenters. The van der Waals surface area contributed by atoms with Crippen molar-refractivity contribution in [2.45, 2.75) is 6.61 Å². The molecule has 1 aromatic heterocycles.